The first kappa shape index (κ1) is 14.3. The number of hydrogen-bond donors (Lipinski definition) is 1. The number of H-pyrrole nitrogens is 1. The molecule has 0 aliphatic carbocycles. The van der Waals surface area contributed by atoms with Gasteiger partial charge in [-0.2, -0.15) is 0 Å². The molecule has 4 nitrogen and oxygen atoms in total. The molecule has 112 valence electrons. The summed E-state index contributed by atoms with van der Waals surface area (Å²) >= 11 is 0. The van der Waals surface area contributed by atoms with Crippen molar-refractivity contribution in [3.63, 3.8) is 0 Å². The van der Waals surface area contributed by atoms with E-state index in [0.717, 1.165) is 48.8 Å². The zero-order chi connectivity index (χ0) is 14.5. The molecule has 2 heterocycles. The Morgan fingerprint density at radius 2 is 2.19 bits per heavy atom. The molecule has 1 aromatic carbocycles. The van der Waals surface area contributed by atoms with Crippen LogP contribution in [-0.2, 0) is 15.9 Å². The number of pyridine rings is 1. The second kappa shape index (κ2) is 6.87. The number of hydrogen-bond acceptors (Lipinski definition) is 3. The first-order valence-corrected chi connectivity index (χ1v) is 7.67. The van der Waals surface area contributed by atoms with Crippen LogP contribution in [0.2, 0.25) is 0 Å². The Morgan fingerprint density at radius 3 is 3.05 bits per heavy atom. The van der Waals surface area contributed by atoms with Crippen LogP contribution in [0.1, 0.15) is 31.4 Å². The largest absolute Gasteiger partial charge is 0.353 e. The van der Waals surface area contributed by atoms with E-state index in [1.54, 1.807) is 0 Å². The predicted molar refractivity (Wildman–Crippen MR) is 82.4 cm³/mol. The Labute approximate surface area is 124 Å². The number of aromatic nitrogens is 1. The minimum absolute atomic E-state index is 0.0142. The van der Waals surface area contributed by atoms with E-state index in [9.17, 15) is 4.79 Å². The van der Waals surface area contributed by atoms with E-state index < -0.39 is 0 Å². The van der Waals surface area contributed by atoms with E-state index in [1.165, 1.54) is 6.42 Å². The van der Waals surface area contributed by atoms with Gasteiger partial charge in [-0.25, -0.2) is 0 Å². The monoisotopic (exact) mass is 287 g/mol. The van der Waals surface area contributed by atoms with Gasteiger partial charge in [0.2, 0.25) is 0 Å². The highest BCUT2D eigenvalue weighted by molar-refractivity contribution is 5.81. The number of rotatable bonds is 5. The Kier molecular flexibility index (Phi) is 4.68. The van der Waals surface area contributed by atoms with Crippen LogP contribution >= 0.6 is 0 Å². The van der Waals surface area contributed by atoms with E-state index in [0.29, 0.717) is 6.61 Å². The van der Waals surface area contributed by atoms with E-state index in [-0.39, 0.29) is 11.8 Å². The molecule has 21 heavy (non-hydrogen) atoms. The summed E-state index contributed by atoms with van der Waals surface area (Å²) in [7, 11) is 0. The third-order valence-electron chi connectivity index (χ3n) is 3.84. The fourth-order valence-corrected chi connectivity index (χ4v) is 2.72. The molecule has 1 aliphatic heterocycles. The second-order valence-corrected chi connectivity index (χ2v) is 5.48. The Hall–Kier alpha value is -1.65. The maximum absolute atomic E-state index is 12.0. The van der Waals surface area contributed by atoms with E-state index in [2.05, 4.69) is 4.98 Å². The van der Waals surface area contributed by atoms with Crippen molar-refractivity contribution < 1.29 is 9.47 Å². The number of aromatic amines is 1. The lowest BCUT2D eigenvalue weighted by molar-refractivity contribution is -0.162. The summed E-state index contributed by atoms with van der Waals surface area (Å²) in [5, 5.41) is 1.74. The highest BCUT2D eigenvalue weighted by Gasteiger charge is 2.13. The normalized spacial score (nSPS) is 19.0. The zero-order valence-electron chi connectivity index (χ0n) is 12.1. The summed E-state index contributed by atoms with van der Waals surface area (Å²) in [5.74, 6) is 0. The van der Waals surface area contributed by atoms with Gasteiger partial charge in [-0.15, -0.1) is 0 Å². The van der Waals surface area contributed by atoms with Crippen LogP contribution in [0.25, 0.3) is 10.8 Å². The van der Waals surface area contributed by atoms with Crippen molar-refractivity contribution in [1.82, 2.24) is 4.98 Å². The summed E-state index contributed by atoms with van der Waals surface area (Å²) in [6.45, 7) is 1.47. The van der Waals surface area contributed by atoms with Crippen molar-refractivity contribution in [3.05, 3.63) is 46.4 Å². The highest BCUT2D eigenvalue weighted by Crippen LogP contribution is 2.14. The predicted octanol–water partition coefficient (Wildman–Crippen LogP) is 3.00. The topological polar surface area (TPSA) is 51.3 Å². The lowest BCUT2D eigenvalue weighted by Crippen LogP contribution is -2.22. The molecule has 1 aromatic heterocycles. The highest BCUT2D eigenvalue weighted by atomic mass is 16.7. The van der Waals surface area contributed by atoms with Gasteiger partial charge in [0, 0.05) is 17.7 Å². The fourth-order valence-electron chi connectivity index (χ4n) is 2.72. The molecule has 0 amide bonds. The minimum Gasteiger partial charge on any atom is -0.353 e. The number of ether oxygens (including phenoxy) is 2. The number of fused-ring (bicyclic) bond motifs is 1. The van der Waals surface area contributed by atoms with Gasteiger partial charge >= 0.3 is 0 Å². The molecule has 1 saturated heterocycles. The standard InChI is InChI=1S/C17H21NO3/c19-17-15-8-2-1-6-13(15)12-14(18-17)7-5-11-21-16-9-3-4-10-20-16/h1-2,6,8,12,16H,3-5,7,9-11H2,(H,18,19). The van der Waals surface area contributed by atoms with Crippen LogP contribution in [0.3, 0.4) is 0 Å². The molecule has 4 heteroatoms. The van der Waals surface area contributed by atoms with Crippen molar-refractivity contribution in [2.45, 2.75) is 38.4 Å². The number of aryl methyl sites for hydroxylation is 1. The minimum atomic E-state index is -0.0330. The molecule has 3 rings (SSSR count). The molecule has 1 N–H and O–H groups in total. The van der Waals surface area contributed by atoms with Crippen LogP contribution in [-0.4, -0.2) is 24.5 Å². The van der Waals surface area contributed by atoms with Gasteiger partial charge in [-0.1, -0.05) is 18.2 Å². The number of benzene rings is 1. The van der Waals surface area contributed by atoms with Gasteiger partial charge in [-0.3, -0.25) is 4.79 Å². The van der Waals surface area contributed by atoms with Crippen molar-refractivity contribution in [2.75, 3.05) is 13.2 Å². The van der Waals surface area contributed by atoms with Crippen molar-refractivity contribution in [1.29, 1.82) is 0 Å². The van der Waals surface area contributed by atoms with E-state index in [4.69, 9.17) is 9.47 Å². The third kappa shape index (κ3) is 3.71. The SMILES string of the molecule is O=c1[nH]c(CCCOC2CCCCO2)cc2ccccc12. The van der Waals surface area contributed by atoms with Crippen molar-refractivity contribution >= 4 is 10.8 Å². The van der Waals surface area contributed by atoms with Gasteiger partial charge in [0.15, 0.2) is 6.29 Å². The molecule has 1 atom stereocenters. The molecule has 1 fully saturated rings. The van der Waals surface area contributed by atoms with Crippen LogP contribution in [0.4, 0.5) is 0 Å². The smallest absolute Gasteiger partial charge is 0.256 e. The zero-order valence-corrected chi connectivity index (χ0v) is 12.1. The molecule has 0 bridgehead atoms. The molecule has 0 saturated carbocycles. The van der Waals surface area contributed by atoms with Gasteiger partial charge in [-0.05, 0) is 49.6 Å². The molecule has 1 aliphatic rings. The van der Waals surface area contributed by atoms with Gasteiger partial charge in [0.05, 0.1) is 6.61 Å². The maximum Gasteiger partial charge on any atom is 0.256 e. The average Bonchev–Trinajstić information content (AvgIpc) is 2.53. The fraction of sp³-hybridized carbons (Fsp3) is 0.471. The summed E-state index contributed by atoms with van der Waals surface area (Å²) < 4.78 is 11.2. The van der Waals surface area contributed by atoms with Crippen molar-refractivity contribution in [2.24, 2.45) is 0 Å². The lowest BCUT2D eigenvalue weighted by atomic mass is 10.1. The summed E-state index contributed by atoms with van der Waals surface area (Å²) in [4.78, 5) is 14.9. The van der Waals surface area contributed by atoms with Crippen LogP contribution in [0.5, 0.6) is 0 Å². The number of nitrogens with one attached hydrogen (secondary N) is 1. The summed E-state index contributed by atoms with van der Waals surface area (Å²) in [6.07, 6.45) is 4.98. The second-order valence-electron chi connectivity index (χ2n) is 5.48. The first-order chi connectivity index (χ1) is 10.3. The van der Waals surface area contributed by atoms with Crippen LogP contribution in [0.15, 0.2) is 35.1 Å². The Morgan fingerprint density at radius 1 is 1.29 bits per heavy atom. The molecule has 2 aromatic rings. The third-order valence-corrected chi connectivity index (χ3v) is 3.84. The van der Waals surface area contributed by atoms with E-state index >= 15 is 0 Å². The Bertz CT molecular complexity index is 644. The lowest BCUT2D eigenvalue weighted by Gasteiger charge is -2.22. The first-order valence-electron chi connectivity index (χ1n) is 7.67. The molecule has 0 spiro atoms. The van der Waals surface area contributed by atoms with Crippen LogP contribution < -0.4 is 5.56 Å². The van der Waals surface area contributed by atoms with Crippen LogP contribution in [0, 0.1) is 0 Å². The van der Waals surface area contributed by atoms with Crippen molar-refractivity contribution in [3.8, 4) is 0 Å². The van der Waals surface area contributed by atoms with Gasteiger partial charge in [0.25, 0.3) is 5.56 Å². The molecular formula is C17H21NO3. The molecule has 1 unspecified atom stereocenters. The average molecular weight is 287 g/mol. The quantitative estimate of drug-likeness (QED) is 0.860. The molecule has 0 radical (unpaired) electrons. The van der Waals surface area contributed by atoms with Gasteiger partial charge in [0.1, 0.15) is 0 Å². The summed E-state index contributed by atoms with van der Waals surface area (Å²) in [6, 6.07) is 9.71. The Balaban J connectivity index is 1.54. The van der Waals surface area contributed by atoms with Gasteiger partial charge < -0.3 is 14.5 Å². The van der Waals surface area contributed by atoms with E-state index in [1.807, 2.05) is 30.3 Å². The molecular weight excluding hydrogens is 266 g/mol. The summed E-state index contributed by atoms with van der Waals surface area (Å²) in [5.41, 5.74) is 0.950. The maximum atomic E-state index is 12.0.